The van der Waals surface area contributed by atoms with Gasteiger partial charge in [-0.25, -0.2) is 4.79 Å². The van der Waals surface area contributed by atoms with Gasteiger partial charge in [0.05, 0.1) is 30.4 Å². The van der Waals surface area contributed by atoms with Gasteiger partial charge in [0.1, 0.15) is 5.75 Å². The zero-order valence-electron chi connectivity index (χ0n) is 27.1. The van der Waals surface area contributed by atoms with Gasteiger partial charge >= 0.3 is 6.03 Å². The third-order valence-corrected chi connectivity index (χ3v) is 8.51. The van der Waals surface area contributed by atoms with Gasteiger partial charge in [-0.2, -0.15) is 0 Å². The lowest BCUT2D eigenvalue weighted by atomic mass is 9.88. The van der Waals surface area contributed by atoms with Crippen LogP contribution in [0, 0.1) is 11.8 Å². The molecule has 1 fully saturated rings. The summed E-state index contributed by atoms with van der Waals surface area (Å²) in [6.45, 7) is 10.6. The maximum absolute atomic E-state index is 14.3. The second-order valence-electron chi connectivity index (χ2n) is 12.8. The summed E-state index contributed by atoms with van der Waals surface area (Å²) in [5.41, 5.74) is 0.910. The van der Waals surface area contributed by atoms with Crippen molar-refractivity contribution in [3.63, 3.8) is 0 Å². The quantitative estimate of drug-likeness (QED) is 0.402. The van der Waals surface area contributed by atoms with Gasteiger partial charge < -0.3 is 35.0 Å². The smallest absolute Gasteiger partial charge is 0.317 e. The minimum absolute atomic E-state index is 0.0115. The van der Waals surface area contributed by atoms with E-state index in [-0.39, 0.29) is 54.5 Å². The second-order valence-corrected chi connectivity index (χ2v) is 12.8. The molecule has 242 valence electrons. The monoisotopic (exact) mass is 602 g/mol. The Labute approximate surface area is 257 Å². The van der Waals surface area contributed by atoms with Crippen molar-refractivity contribution < 1.29 is 29.0 Å². The normalized spacial score (nSPS) is 23.5. The first-order chi connectivity index (χ1) is 20.5. The number of anilines is 1. The fraction of sp³-hybridized carbons (Fsp3) is 0.727. The highest BCUT2D eigenvalue weighted by atomic mass is 16.5. The summed E-state index contributed by atoms with van der Waals surface area (Å²) < 4.78 is 12.6. The fourth-order valence-corrected chi connectivity index (χ4v) is 5.78. The maximum atomic E-state index is 14.3. The van der Waals surface area contributed by atoms with Crippen LogP contribution in [0.25, 0.3) is 0 Å². The average Bonchev–Trinajstić information content (AvgIpc) is 2.98. The number of carbonyl (C=O) groups excluding carboxylic acids is 3. The number of carbonyl (C=O) groups is 3. The van der Waals surface area contributed by atoms with Gasteiger partial charge in [0.15, 0.2) is 0 Å². The molecule has 3 N–H and O–H groups in total. The fourth-order valence-electron chi connectivity index (χ4n) is 5.78. The molecule has 10 nitrogen and oxygen atoms in total. The summed E-state index contributed by atoms with van der Waals surface area (Å²) in [6, 6.07) is 4.63. The number of nitrogens with zero attached hydrogens (tertiary/aromatic N) is 2. The lowest BCUT2D eigenvalue weighted by Crippen LogP contribution is -2.49. The first-order valence-electron chi connectivity index (χ1n) is 16.2. The molecule has 0 spiro atoms. The molecule has 1 heterocycles. The average molecular weight is 603 g/mol. The van der Waals surface area contributed by atoms with Crippen LogP contribution in [0.15, 0.2) is 18.2 Å². The van der Waals surface area contributed by atoms with Crippen molar-refractivity contribution in [3.8, 4) is 5.75 Å². The van der Waals surface area contributed by atoms with Crippen LogP contribution in [-0.4, -0.2) is 90.4 Å². The molecule has 0 saturated heterocycles. The Morgan fingerprint density at radius 3 is 2.44 bits per heavy atom. The Hall–Kier alpha value is -2.85. The van der Waals surface area contributed by atoms with E-state index in [1.807, 2.05) is 34.6 Å². The van der Waals surface area contributed by atoms with E-state index in [0.29, 0.717) is 36.7 Å². The minimum atomic E-state index is -0.476. The molecule has 1 saturated carbocycles. The molecule has 3 rings (SSSR count). The molecular weight excluding hydrogens is 548 g/mol. The molecule has 4 atom stereocenters. The van der Waals surface area contributed by atoms with E-state index in [1.54, 1.807) is 35.0 Å². The van der Waals surface area contributed by atoms with Crippen molar-refractivity contribution in [2.45, 2.75) is 110 Å². The van der Waals surface area contributed by atoms with E-state index in [9.17, 15) is 19.5 Å². The molecule has 2 aliphatic rings. The molecular formula is C33H54N4O6. The summed E-state index contributed by atoms with van der Waals surface area (Å²) in [7, 11) is 1.75. The van der Waals surface area contributed by atoms with E-state index < -0.39 is 6.04 Å². The van der Waals surface area contributed by atoms with Crippen LogP contribution in [0.3, 0.4) is 0 Å². The number of aliphatic hydroxyl groups is 1. The van der Waals surface area contributed by atoms with Gasteiger partial charge in [-0.05, 0) is 78.0 Å². The Morgan fingerprint density at radius 1 is 1.07 bits per heavy atom. The van der Waals surface area contributed by atoms with Crippen LogP contribution in [0.2, 0.25) is 0 Å². The summed E-state index contributed by atoms with van der Waals surface area (Å²) in [5, 5.41) is 16.1. The molecule has 1 aromatic rings. The molecule has 43 heavy (non-hydrogen) atoms. The molecule has 4 amide bonds. The summed E-state index contributed by atoms with van der Waals surface area (Å²) in [5.74, 6) is 0.00518. The van der Waals surface area contributed by atoms with E-state index in [4.69, 9.17) is 9.47 Å². The van der Waals surface area contributed by atoms with Crippen LogP contribution >= 0.6 is 0 Å². The van der Waals surface area contributed by atoms with Crippen molar-refractivity contribution in [2.24, 2.45) is 11.8 Å². The SMILES string of the molecule is CC(C)NC(=O)N(C)C[C@H]1OCCCC[C@H](C)Oc2ccc(NC(=O)C3CCCCC3)cc2C(=O)N([C@H](C)CO)C[C@H]1C. The highest BCUT2D eigenvalue weighted by Crippen LogP contribution is 2.30. The topological polar surface area (TPSA) is 120 Å². The lowest BCUT2D eigenvalue weighted by Gasteiger charge is -2.36. The van der Waals surface area contributed by atoms with Gasteiger partial charge in [0.25, 0.3) is 5.91 Å². The van der Waals surface area contributed by atoms with Gasteiger partial charge in [0, 0.05) is 50.3 Å². The van der Waals surface area contributed by atoms with Crippen LogP contribution in [0.1, 0.15) is 96.3 Å². The van der Waals surface area contributed by atoms with E-state index in [1.165, 1.54) is 0 Å². The summed E-state index contributed by atoms with van der Waals surface area (Å²) in [4.78, 5) is 43.2. The third kappa shape index (κ3) is 10.4. The number of hydrogen-bond donors (Lipinski definition) is 3. The number of likely N-dealkylation sites (N-methyl/N-ethyl adjacent to an activating group) is 1. The molecule has 10 heteroatoms. The number of rotatable bonds is 7. The van der Waals surface area contributed by atoms with Crippen molar-refractivity contribution in [1.82, 2.24) is 15.1 Å². The maximum Gasteiger partial charge on any atom is 0.317 e. The predicted octanol–water partition coefficient (Wildman–Crippen LogP) is 5.05. The number of urea groups is 1. The van der Waals surface area contributed by atoms with Gasteiger partial charge in [-0.1, -0.05) is 26.2 Å². The predicted molar refractivity (Wildman–Crippen MR) is 168 cm³/mol. The second kappa shape index (κ2) is 16.9. The number of nitrogens with one attached hydrogen (secondary N) is 2. The standard InChI is InChI=1S/C33H54N4O6/c1-22(2)34-33(41)36(6)20-30-23(3)19-37(24(4)21-38)32(40)28-18-27(35-31(39)26-13-8-7-9-14-26)15-16-29(28)43-25(5)12-10-11-17-42-30/h15-16,18,22-26,30,38H,7-14,17,19-21H2,1-6H3,(H,34,41)(H,35,39)/t23-,24-,25+,30-/m1/s1. The number of fused-ring (bicyclic) bond motifs is 1. The molecule has 1 aliphatic carbocycles. The number of benzene rings is 1. The van der Waals surface area contributed by atoms with Gasteiger partial charge in [-0.15, -0.1) is 0 Å². The molecule has 1 aromatic carbocycles. The highest BCUT2D eigenvalue weighted by molar-refractivity contribution is 6.00. The Balaban J connectivity index is 1.91. The lowest BCUT2D eigenvalue weighted by molar-refractivity contribution is -0.120. The number of ether oxygens (including phenoxy) is 2. The van der Waals surface area contributed by atoms with E-state index in [0.717, 1.165) is 51.4 Å². The van der Waals surface area contributed by atoms with Crippen molar-refractivity contribution in [1.29, 1.82) is 0 Å². The zero-order chi connectivity index (χ0) is 31.5. The van der Waals surface area contributed by atoms with Gasteiger partial charge in [0.2, 0.25) is 5.91 Å². The van der Waals surface area contributed by atoms with Crippen LogP contribution < -0.4 is 15.4 Å². The molecule has 0 aromatic heterocycles. The summed E-state index contributed by atoms with van der Waals surface area (Å²) >= 11 is 0. The Kier molecular flexibility index (Phi) is 13.6. The Morgan fingerprint density at radius 2 is 1.77 bits per heavy atom. The van der Waals surface area contributed by atoms with Crippen LogP contribution in [0.5, 0.6) is 5.75 Å². The van der Waals surface area contributed by atoms with Crippen molar-refractivity contribution >= 4 is 23.5 Å². The van der Waals surface area contributed by atoms with Crippen LogP contribution in [-0.2, 0) is 9.53 Å². The van der Waals surface area contributed by atoms with Crippen molar-refractivity contribution in [3.05, 3.63) is 23.8 Å². The minimum Gasteiger partial charge on any atom is -0.490 e. The first kappa shape index (κ1) is 34.6. The van der Waals surface area contributed by atoms with Gasteiger partial charge in [-0.3, -0.25) is 9.59 Å². The number of amides is 4. The molecule has 0 radical (unpaired) electrons. The number of aliphatic hydroxyl groups excluding tert-OH is 1. The Bertz CT molecular complexity index is 1060. The zero-order valence-corrected chi connectivity index (χ0v) is 27.1. The highest BCUT2D eigenvalue weighted by Gasteiger charge is 2.31. The third-order valence-electron chi connectivity index (χ3n) is 8.51. The molecule has 1 aliphatic heterocycles. The van der Waals surface area contributed by atoms with Crippen molar-refractivity contribution in [2.75, 3.05) is 38.7 Å². The summed E-state index contributed by atoms with van der Waals surface area (Å²) in [6.07, 6.45) is 7.10. The first-order valence-corrected chi connectivity index (χ1v) is 16.2. The van der Waals surface area contributed by atoms with Crippen LogP contribution in [0.4, 0.5) is 10.5 Å². The van der Waals surface area contributed by atoms with E-state index >= 15 is 0 Å². The molecule has 0 unspecified atom stereocenters. The van der Waals surface area contributed by atoms with E-state index in [2.05, 4.69) is 10.6 Å². The number of hydrogen-bond acceptors (Lipinski definition) is 6. The largest absolute Gasteiger partial charge is 0.490 e. The molecule has 0 bridgehead atoms.